The smallest absolute Gasteiger partial charge is 0.259 e. The van der Waals surface area contributed by atoms with E-state index in [1.54, 1.807) is 50.7 Å². The molecule has 3 aromatic rings. The molecule has 0 radical (unpaired) electrons. The second-order valence-electron chi connectivity index (χ2n) is 5.78. The Labute approximate surface area is 163 Å². The number of nitrogens with one attached hydrogen (secondary N) is 2. The Morgan fingerprint density at radius 2 is 1.68 bits per heavy atom. The number of methoxy groups -OCH3 is 3. The Hall–Kier alpha value is -3.74. The number of nitrogens with zero attached hydrogens (tertiary/aromatic N) is 1. The molecule has 0 aliphatic carbocycles. The van der Waals surface area contributed by atoms with Crippen LogP contribution in [0.15, 0.2) is 60.8 Å². The van der Waals surface area contributed by atoms with Crippen LogP contribution >= 0.6 is 0 Å². The van der Waals surface area contributed by atoms with Crippen molar-refractivity contribution in [2.45, 2.75) is 0 Å². The minimum atomic E-state index is -0.269. The average Bonchev–Trinajstić information content (AvgIpc) is 2.75. The molecule has 0 aliphatic rings. The molecular weight excluding hydrogens is 358 g/mol. The molecule has 28 heavy (non-hydrogen) atoms. The third kappa shape index (κ3) is 4.32. The number of carbonyl (C=O) groups excluding carboxylic acids is 1. The lowest BCUT2D eigenvalue weighted by Gasteiger charge is -2.13. The number of ether oxygens (including phenoxy) is 3. The summed E-state index contributed by atoms with van der Waals surface area (Å²) in [5, 5.41) is 5.99. The molecule has 0 fully saturated rings. The zero-order valence-electron chi connectivity index (χ0n) is 15.9. The Morgan fingerprint density at radius 1 is 0.893 bits per heavy atom. The molecule has 0 saturated carbocycles. The molecular formula is C21H21N3O4. The Bertz CT molecular complexity index is 958. The van der Waals surface area contributed by atoms with Crippen LogP contribution in [0.2, 0.25) is 0 Å². The predicted octanol–water partition coefficient (Wildman–Crippen LogP) is 4.10. The van der Waals surface area contributed by atoms with Gasteiger partial charge in [0.2, 0.25) is 0 Å². The molecule has 3 rings (SSSR count). The molecule has 0 saturated heterocycles. The van der Waals surface area contributed by atoms with E-state index in [0.29, 0.717) is 34.3 Å². The van der Waals surface area contributed by atoms with Crippen LogP contribution in [0.4, 0.5) is 17.2 Å². The van der Waals surface area contributed by atoms with Crippen molar-refractivity contribution >= 4 is 23.1 Å². The summed E-state index contributed by atoms with van der Waals surface area (Å²) in [6.45, 7) is 0. The quantitative estimate of drug-likeness (QED) is 0.643. The van der Waals surface area contributed by atoms with Crippen LogP contribution in [-0.4, -0.2) is 32.2 Å². The van der Waals surface area contributed by atoms with Gasteiger partial charge in [0.15, 0.2) is 0 Å². The molecule has 7 heteroatoms. The monoisotopic (exact) mass is 379 g/mol. The summed E-state index contributed by atoms with van der Waals surface area (Å²) in [5.41, 5.74) is 1.74. The summed E-state index contributed by atoms with van der Waals surface area (Å²) in [6.07, 6.45) is 1.57. The van der Waals surface area contributed by atoms with Gasteiger partial charge in [0.25, 0.3) is 5.91 Å². The van der Waals surface area contributed by atoms with Crippen molar-refractivity contribution in [2.24, 2.45) is 0 Å². The van der Waals surface area contributed by atoms with E-state index in [1.807, 2.05) is 24.3 Å². The zero-order chi connectivity index (χ0) is 19.9. The number of aromatic nitrogens is 1. The van der Waals surface area contributed by atoms with Gasteiger partial charge in [-0.1, -0.05) is 12.1 Å². The first kappa shape index (κ1) is 19.0. The number of para-hydroxylation sites is 1. The van der Waals surface area contributed by atoms with Gasteiger partial charge in [-0.25, -0.2) is 4.98 Å². The van der Waals surface area contributed by atoms with E-state index in [4.69, 9.17) is 14.2 Å². The van der Waals surface area contributed by atoms with Gasteiger partial charge < -0.3 is 24.8 Å². The molecule has 1 amide bonds. The highest BCUT2D eigenvalue weighted by Gasteiger charge is 2.12. The van der Waals surface area contributed by atoms with E-state index in [-0.39, 0.29) is 5.91 Å². The van der Waals surface area contributed by atoms with Crippen LogP contribution in [0, 0.1) is 0 Å². The Kier molecular flexibility index (Phi) is 5.96. The molecule has 1 heterocycles. The Morgan fingerprint density at radius 3 is 2.36 bits per heavy atom. The minimum Gasteiger partial charge on any atom is -0.497 e. The standard InChI is InChI=1S/C21H21N3O4/c1-26-15-9-10-19(28-3)17(12-15)24-20-11-8-14(13-22-20)23-21(25)16-6-4-5-7-18(16)27-2/h4-13H,1-3H3,(H,22,24)(H,23,25). The lowest BCUT2D eigenvalue weighted by atomic mass is 10.2. The van der Waals surface area contributed by atoms with Crippen LogP contribution in [0.25, 0.3) is 0 Å². The van der Waals surface area contributed by atoms with Crippen LogP contribution in [0.1, 0.15) is 10.4 Å². The molecule has 144 valence electrons. The third-order valence-corrected chi connectivity index (χ3v) is 4.04. The summed E-state index contributed by atoms with van der Waals surface area (Å²) < 4.78 is 15.8. The lowest BCUT2D eigenvalue weighted by molar-refractivity contribution is 0.102. The molecule has 0 atom stereocenters. The highest BCUT2D eigenvalue weighted by atomic mass is 16.5. The van der Waals surface area contributed by atoms with Crippen molar-refractivity contribution in [2.75, 3.05) is 32.0 Å². The zero-order valence-corrected chi connectivity index (χ0v) is 15.9. The van der Waals surface area contributed by atoms with Crippen molar-refractivity contribution in [3.05, 3.63) is 66.4 Å². The van der Waals surface area contributed by atoms with Crippen molar-refractivity contribution < 1.29 is 19.0 Å². The van der Waals surface area contributed by atoms with Crippen LogP contribution in [0.5, 0.6) is 17.2 Å². The van der Waals surface area contributed by atoms with E-state index >= 15 is 0 Å². The molecule has 7 nitrogen and oxygen atoms in total. The van der Waals surface area contributed by atoms with Gasteiger partial charge >= 0.3 is 0 Å². The first-order valence-corrected chi connectivity index (χ1v) is 8.54. The van der Waals surface area contributed by atoms with Gasteiger partial charge in [-0.05, 0) is 36.4 Å². The van der Waals surface area contributed by atoms with Gasteiger partial charge in [-0.2, -0.15) is 0 Å². The first-order chi connectivity index (χ1) is 13.6. The topological polar surface area (TPSA) is 81.7 Å². The molecule has 2 aromatic carbocycles. The maximum Gasteiger partial charge on any atom is 0.259 e. The average molecular weight is 379 g/mol. The summed E-state index contributed by atoms with van der Waals surface area (Å²) in [4.78, 5) is 16.8. The maximum atomic E-state index is 12.5. The summed E-state index contributed by atoms with van der Waals surface area (Å²) in [5.74, 6) is 2.20. The SMILES string of the molecule is COc1ccc(OC)c(Nc2ccc(NC(=O)c3ccccc3OC)cn2)c1. The van der Waals surface area contributed by atoms with E-state index in [1.165, 1.54) is 7.11 Å². The summed E-state index contributed by atoms with van der Waals surface area (Å²) in [6, 6.07) is 16.0. The van der Waals surface area contributed by atoms with E-state index in [9.17, 15) is 4.79 Å². The van der Waals surface area contributed by atoms with Crippen molar-refractivity contribution in [1.29, 1.82) is 0 Å². The lowest BCUT2D eigenvalue weighted by Crippen LogP contribution is -2.13. The molecule has 0 aliphatic heterocycles. The molecule has 2 N–H and O–H groups in total. The second-order valence-corrected chi connectivity index (χ2v) is 5.78. The van der Waals surface area contributed by atoms with Crippen molar-refractivity contribution in [3.63, 3.8) is 0 Å². The van der Waals surface area contributed by atoms with Gasteiger partial charge in [-0.15, -0.1) is 0 Å². The van der Waals surface area contributed by atoms with E-state index in [0.717, 1.165) is 5.69 Å². The number of pyridine rings is 1. The maximum absolute atomic E-state index is 12.5. The number of hydrogen-bond acceptors (Lipinski definition) is 6. The van der Waals surface area contributed by atoms with Gasteiger partial charge in [0.1, 0.15) is 23.1 Å². The second kappa shape index (κ2) is 8.77. The van der Waals surface area contributed by atoms with Gasteiger partial charge in [-0.3, -0.25) is 4.79 Å². The normalized spacial score (nSPS) is 10.1. The number of carbonyl (C=O) groups is 1. The number of hydrogen-bond donors (Lipinski definition) is 2. The third-order valence-electron chi connectivity index (χ3n) is 4.04. The van der Waals surface area contributed by atoms with E-state index in [2.05, 4.69) is 15.6 Å². The fourth-order valence-electron chi connectivity index (χ4n) is 2.62. The highest BCUT2D eigenvalue weighted by Crippen LogP contribution is 2.31. The fourth-order valence-corrected chi connectivity index (χ4v) is 2.62. The summed E-state index contributed by atoms with van der Waals surface area (Å²) >= 11 is 0. The van der Waals surface area contributed by atoms with Gasteiger partial charge in [0.05, 0.1) is 44.5 Å². The van der Waals surface area contributed by atoms with Crippen LogP contribution in [0.3, 0.4) is 0 Å². The summed E-state index contributed by atoms with van der Waals surface area (Å²) in [7, 11) is 4.72. The first-order valence-electron chi connectivity index (χ1n) is 8.54. The molecule has 0 unspecified atom stereocenters. The number of amides is 1. The van der Waals surface area contributed by atoms with Crippen molar-refractivity contribution in [3.8, 4) is 17.2 Å². The largest absolute Gasteiger partial charge is 0.497 e. The minimum absolute atomic E-state index is 0.269. The van der Waals surface area contributed by atoms with Crippen molar-refractivity contribution in [1.82, 2.24) is 4.98 Å². The molecule has 1 aromatic heterocycles. The van der Waals surface area contributed by atoms with E-state index < -0.39 is 0 Å². The molecule has 0 spiro atoms. The number of benzene rings is 2. The van der Waals surface area contributed by atoms with Crippen LogP contribution < -0.4 is 24.8 Å². The number of anilines is 3. The number of rotatable bonds is 7. The Balaban J connectivity index is 1.73. The fraction of sp³-hybridized carbons (Fsp3) is 0.143. The predicted molar refractivity (Wildman–Crippen MR) is 108 cm³/mol. The highest BCUT2D eigenvalue weighted by molar-refractivity contribution is 6.06. The van der Waals surface area contributed by atoms with Gasteiger partial charge in [0, 0.05) is 6.07 Å². The molecule has 0 bridgehead atoms. The van der Waals surface area contributed by atoms with Crippen LogP contribution in [-0.2, 0) is 0 Å².